The fourth-order valence-corrected chi connectivity index (χ4v) is 2.63. The molecule has 0 atom stereocenters. The lowest BCUT2D eigenvalue weighted by Crippen LogP contribution is -1.99. The largest absolute Gasteiger partial charge is 0.331 e. The van der Waals surface area contributed by atoms with E-state index >= 15 is 0 Å². The van der Waals surface area contributed by atoms with E-state index < -0.39 is 0 Å². The molecule has 18 heavy (non-hydrogen) atoms. The average Bonchev–Trinajstić information content (AvgIpc) is 2.63. The average molecular weight is 262 g/mol. The molecular formula is C15H16ClNO. The Morgan fingerprint density at radius 1 is 1.44 bits per heavy atom. The Bertz CT molecular complexity index is 598. The molecule has 2 nitrogen and oxygen atoms in total. The van der Waals surface area contributed by atoms with E-state index in [4.69, 9.17) is 11.6 Å². The molecule has 2 rings (SSSR count). The van der Waals surface area contributed by atoms with Gasteiger partial charge >= 0.3 is 0 Å². The first-order valence-electron chi connectivity index (χ1n) is 6.05. The van der Waals surface area contributed by atoms with Crippen molar-refractivity contribution in [2.75, 3.05) is 0 Å². The van der Waals surface area contributed by atoms with Gasteiger partial charge in [-0.3, -0.25) is 4.79 Å². The van der Waals surface area contributed by atoms with Crippen LogP contribution in [0.5, 0.6) is 0 Å². The van der Waals surface area contributed by atoms with Gasteiger partial charge in [-0.25, -0.2) is 0 Å². The SMILES string of the molecule is C=CCCCn1c(Cl)c(C(C)=O)c2ccccc21. The smallest absolute Gasteiger partial charge is 0.163 e. The maximum Gasteiger partial charge on any atom is 0.163 e. The van der Waals surface area contributed by atoms with Gasteiger partial charge in [-0.05, 0) is 25.8 Å². The molecule has 3 heteroatoms. The summed E-state index contributed by atoms with van der Waals surface area (Å²) in [7, 11) is 0. The predicted octanol–water partition coefficient (Wildman–Crippen LogP) is 4.46. The second-order valence-electron chi connectivity index (χ2n) is 4.32. The Balaban J connectivity index is 2.54. The van der Waals surface area contributed by atoms with Gasteiger partial charge in [-0.15, -0.1) is 6.58 Å². The van der Waals surface area contributed by atoms with Crippen LogP contribution in [0.15, 0.2) is 36.9 Å². The van der Waals surface area contributed by atoms with Crippen LogP contribution in [-0.4, -0.2) is 10.4 Å². The third-order valence-electron chi connectivity index (χ3n) is 3.05. The van der Waals surface area contributed by atoms with E-state index in [0.29, 0.717) is 10.7 Å². The number of carbonyl (C=O) groups is 1. The molecule has 94 valence electrons. The zero-order chi connectivity index (χ0) is 13.1. The topological polar surface area (TPSA) is 22.0 Å². The molecule has 0 saturated carbocycles. The van der Waals surface area contributed by atoms with Gasteiger partial charge in [0, 0.05) is 17.4 Å². The highest BCUT2D eigenvalue weighted by Crippen LogP contribution is 2.30. The van der Waals surface area contributed by atoms with Crippen molar-refractivity contribution in [2.24, 2.45) is 0 Å². The minimum atomic E-state index is 0.0127. The van der Waals surface area contributed by atoms with Crippen LogP contribution < -0.4 is 0 Å². The monoisotopic (exact) mass is 261 g/mol. The fraction of sp³-hybridized carbons (Fsp3) is 0.267. The van der Waals surface area contributed by atoms with Crippen LogP contribution in [-0.2, 0) is 6.54 Å². The first-order valence-corrected chi connectivity index (χ1v) is 6.43. The molecule has 0 spiro atoms. The van der Waals surface area contributed by atoms with E-state index in [2.05, 4.69) is 6.58 Å². The summed E-state index contributed by atoms with van der Waals surface area (Å²) in [6.07, 6.45) is 3.81. The van der Waals surface area contributed by atoms with Crippen LogP contribution in [0.3, 0.4) is 0 Å². The van der Waals surface area contributed by atoms with Crippen LogP contribution in [0.4, 0.5) is 0 Å². The van der Waals surface area contributed by atoms with Gasteiger partial charge < -0.3 is 4.57 Å². The molecule has 2 aromatic rings. The standard InChI is InChI=1S/C15H16ClNO/c1-3-4-7-10-17-13-9-6-5-8-12(13)14(11(2)18)15(17)16/h3,5-6,8-9H,1,4,7,10H2,2H3. The predicted molar refractivity (Wildman–Crippen MR) is 76.4 cm³/mol. The molecule has 1 heterocycles. The van der Waals surface area contributed by atoms with Crippen molar-refractivity contribution in [3.8, 4) is 0 Å². The number of aryl methyl sites for hydroxylation is 1. The third kappa shape index (κ3) is 2.21. The molecule has 0 aliphatic rings. The summed E-state index contributed by atoms with van der Waals surface area (Å²) in [6, 6.07) is 7.84. The van der Waals surface area contributed by atoms with Gasteiger partial charge in [0.2, 0.25) is 0 Å². The minimum Gasteiger partial charge on any atom is -0.331 e. The number of hydrogen-bond acceptors (Lipinski definition) is 1. The van der Waals surface area contributed by atoms with Crippen molar-refractivity contribution in [3.05, 3.63) is 47.6 Å². The summed E-state index contributed by atoms with van der Waals surface area (Å²) in [5, 5.41) is 1.49. The zero-order valence-corrected chi connectivity index (χ0v) is 11.2. The van der Waals surface area contributed by atoms with E-state index in [0.717, 1.165) is 30.3 Å². The lowest BCUT2D eigenvalue weighted by molar-refractivity contribution is 0.101. The molecule has 0 radical (unpaired) electrons. The number of hydrogen-bond donors (Lipinski definition) is 0. The molecule has 1 aromatic heterocycles. The number of halogens is 1. The number of carbonyl (C=O) groups excluding carboxylic acids is 1. The van der Waals surface area contributed by atoms with Crippen molar-refractivity contribution in [3.63, 3.8) is 0 Å². The summed E-state index contributed by atoms with van der Waals surface area (Å²) >= 11 is 6.34. The molecule has 0 unspecified atom stereocenters. The summed E-state index contributed by atoms with van der Waals surface area (Å²) < 4.78 is 2.01. The molecule has 0 saturated heterocycles. The molecular weight excluding hydrogens is 246 g/mol. The number of aromatic nitrogens is 1. The van der Waals surface area contributed by atoms with Gasteiger partial charge in [0.25, 0.3) is 0 Å². The number of nitrogens with zero attached hydrogens (tertiary/aromatic N) is 1. The minimum absolute atomic E-state index is 0.0127. The number of Topliss-reactive ketones (excluding diaryl/α,β-unsaturated/α-hetero) is 1. The molecule has 1 aromatic carbocycles. The van der Waals surface area contributed by atoms with Crippen LogP contribution in [0.2, 0.25) is 5.15 Å². The number of para-hydroxylation sites is 1. The van der Waals surface area contributed by atoms with Gasteiger partial charge in [-0.1, -0.05) is 35.9 Å². The van der Waals surface area contributed by atoms with Gasteiger partial charge in [0.05, 0.1) is 5.56 Å². The molecule has 0 fully saturated rings. The number of unbranched alkanes of at least 4 members (excludes halogenated alkanes) is 1. The highest BCUT2D eigenvalue weighted by Gasteiger charge is 2.17. The van der Waals surface area contributed by atoms with Crippen LogP contribution in [0.1, 0.15) is 30.1 Å². The number of allylic oxidation sites excluding steroid dienone is 1. The van der Waals surface area contributed by atoms with Crippen LogP contribution >= 0.6 is 11.6 Å². The first kappa shape index (κ1) is 12.9. The van der Waals surface area contributed by atoms with Crippen molar-refractivity contribution in [1.82, 2.24) is 4.57 Å². The molecule has 0 N–H and O–H groups in total. The summed E-state index contributed by atoms with van der Waals surface area (Å²) in [5.74, 6) is 0.0127. The maximum absolute atomic E-state index is 11.7. The van der Waals surface area contributed by atoms with Gasteiger partial charge in [0.1, 0.15) is 5.15 Å². The fourth-order valence-electron chi connectivity index (χ4n) is 2.22. The van der Waals surface area contributed by atoms with Gasteiger partial charge in [-0.2, -0.15) is 0 Å². The number of ketones is 1. The van der Waals surface area contributed by atoms with E-state index in [-0.39, 0.29) is 5.78 Å². The highest BCUT2D eigenvalue weighted by atomic mass is 35.5. The Morgan fingerprint density at radius 2 is 2.17 bits per heavy atom. The summed E-state index contributed by atoms with van der Waals surface area (Å²) in [4.78, 5) is 11.7. The van der Waals surface area contributed by atoms with Crippen molar-refractivity contribution in [2.45, 2.75) is 26.3 Å². The van der Waals surface area contributed by atoms with Crippen LogP contribution in [0.25, 0.3) is 10.9 Å². The number of fused-ring (bicyclic) bond motifs is 1. The van der Waals surface area contributed by atoms with E-state index in [1.807, 2.05) is 34.9 Å². The van der Waals surface area contributed by atoms with Gasteiger partial charge in [0.15, 0.2) is 5.78 Å². The quantitative estimate of drug-likeness (QED) is 0.442. The molecule has 0 aliphatic carbocycles. The zero-order valence-electron chi connectivity index (χ0n) is 10.4. The van der Waals surface area contributed by atoms with Crippen molar-refractivity contribution in [1.29, 1.82) is 0 Å². The summed E-state index contributed by atoms with van der Waals surface area (Å²) in [5.41, 5.74) is 1.66. The van der Waals surface area contributed by atoms with Crippen molar-refractivity contribution >= 4 is 28.3 Å². The molecule has 0 aliphatic heterocycles. The number of benzene rings is 1. The first-order chi connectivity index (χ1) is 8.66. The third-order valence-corrected chi connectivity index (χ3v) is 3.44. The normalized spacial score (nSPS) is 10.8. The number of rotatable bonds is 5. The Hall–Kier alpha value is -1.54. The van der Waals surface area contributed by atoms with Crippen LogP contribution in [0, 0.1) is 0 Å². The Morgan fingerprint density at radius 3 is 2.83 bits per heavy atom. The lowest BCUT2D eigenvalue weighted by atomic mass is 10.1. The summed E-state index contributed by atoms with van der Waals surface area (Å²) in [6.45, 7) is 6.08. The Kier molecular flexibility index (Phi) is 3.87. The maximum atomic E-state index is 11.7. The highest BCUT2D eigenvalue weighted by molar-refractivity contribution is 6.35. The van der Waals surface area contributed by atoms with E-state index in [1.54, 1.807) is 6.92 Å². The molecule has 0 amide bonds. The second kappa shape index (κ2) is 5.40. The lowest BCUT2D eigenvalue weighted by Gasteiger charge is -2.05. The second-order valence-corrected chi connectivity index (χ2v) is 4.68. The van der Waals surface area contributed by atoms with Crippen molar-refractivity contribution < 1.29 is 4.79 Å². The molecule has 0 bridgehead atoms. The Labute approximate surface area is 112 Å². The van der Waals surface area contributed by atoms with E-state index in [1.165, 1.54) is 0 Å². The van der Waals surface area contributed by atoms with E-state index in [9.17, 15) is 4.79 Å².